The summed E-state index contributed by atoms with van der Waals surface area (Å²) in [5.74, 6) is -1.05. The van der Waals surface area contributed by atoms with Crippen molar-refractivity contribution in [1.82, 2.24) is 4.90 Å². The fourth-order valence-electron chi connectivity index (χ4n) is 3.03. The van der Waals surface area contributed by atoms with Gasteiger partial charge in [0.05, 0.1) is 11.6 Å². The summed E-state index contributed by atoms with van der Waals surface area (Å²) in [6.45, 7) is 5.60. The highest BCUT2D eigenvalue weighted by molar-refractivity contribution is 5.85. The number of likely N-dealkylation sites (tertiary alicyclic amines) is 1. The molecule has 1 amide bonds. The Morgan fingerprint density at radius 1 is 1.42 bits per heavy atom. The average Bonchev–Trinajstić information content (AvgIpc) is 2.91. The molecule has 2 rings (SSSR count). The van der Waals surface area contributed by atoms with Gasteiger partial charge >= 0.3 is 12.1 Å². The van der Waals surface area contributed by atoms with E-state index < -0.39 is 23.2 Å². The Morgan fingerprint density at radius 3 is 2.71 bits per heavy atom. The van der Waals surface area contributed by atoms with E-state index in [9.17, 15) is 14.7 Å². The van der Waals surface area contributed by atoms with Gasteiger partial charge in [-0.1, -0.05) is 12.1 Å². The Morgan fingerprint density at radius 2 is 2.12 bits per heavy atom. The molecule has 1 N–H and O–H groups in total. The Balaban J connectivity index is 2.33. The first-order valence-corrected chi connectivity index (χ1v) is 7.91. The van der Waals surface area contributed by atoms with Crippen LogP contribution in [0.1, 0.15) is 44.7 Å². The third-order valence-electron chi connectivity index (χ3n) is 4.05. The molecular formula is C18H22N2O4. The van der Waals surface area contributed by atoms with Gasteiger partial charge in [0.1, 0.15) is 11.1 Å². The van der Waals surface area contributed by atoms with E-state index in [1.807, 2.05) is 6.07 Å². The summed E-state index contributed by atoms with van der Waals surface area (Å²) < 4.78 is 5.38. The molecule has 1 saturated heterocycles. The maximum Gasteiger partial charge on any atom is 0.411 e. The number of nitriles is 1. The van der Waals surface area contributed by atoms with Crippen molar-refractivity contribution in [3.05, 3.63) is 35.4 Å². The van der Waals surface area contributed by atoms with E-state index in [0.29, 0.717) is 30.5 Å². The van der Waals surface area contributed by atoms with Gasteiger partial charge in [-0.3, -0.25) is 4.90 Å². The zero-order chi connectivity index (χ0) is 18.0. The van der Waals surface area contributed by atoms with Gasteiger partial charge in [-0.15, -0.1) is 0 Å². The van der Waals surface area contributed by atoms with Gasteiger partial charge in [-0.25, -0.2) is 9.59 Å². The second-order valence-electron chi connectivity index (χ2n) is 7.06. The summed E-state index contributed by atoms with van der Waals surface area (Å²) in [7, 11) is 0. The summed E-state index contributed by atoms with van der Waals surface area (Å²) >= 11 is 0. The van der Waals surface area contributed by atoms with E-state index in [2.05, 4.69) is 0 Å². The number of benzene rings is 1. The number of carboxylic acid groups (broad SMARTS) is 1. The van der Waals surface area contributed by atoms with Crippen molar-refractivity contribution >= 4 is 12.1 Å². The number of nitrogens with zero attached hydrogens (tertiary/aromatic N) is 2. The van der Waals surface area contributed by atoms with E-state index in [1.165, 1.54) is 4.90 Å². The van der Waals surface area contributed by atoms with Gasteiger partial charge in [-0.2, -0.15) is 5.26 Å². The van der Waals surface area contributed by atoms with E-state index in [4.69, 9.17) is 10.00 Å². The zero-order valence-electron chi connectivity index (χ0n) is 14.2. The fourth-order valence-corrected chi connectivity index (χ4v) is 3.03. The molecular weight excluding hydrogens is 308 g/mol. The summed E-state index contributed by atoms with van der Waals surface area (Å²) in [4.78, 5) is 25.8. The Bertz CT molecular complexity index is 687. The molecule has 128 valence electrons. The monoisotopic (exact) mass is 330 g/mol. The molecule has 0 radical (unpaired) electrons. The Kier molecular flexibility index (Phi) is 4.83. The molecule has 1 aliphatic heterocycles. The predicted molar refractivity (Wildman–Crippen MR) is 87.4 cm³/mol. The first-order chi connectivity index (χ1) is 11.2. The van der Waals surface area contributed by atoms with Crippen molar-refractivity contribution in [2.24, 2.45) is 0 Å². The van der Waals surface area contributed by atoms with Gasteiger partial charge in [0.25, 0.3) is 0 Å². The van der Waals surface area contributed by atoms with E-state index >= 15 is 0 Å². The first kappa shape index (κ1) is 17.8. The van der Waals surface area contributed by atoms with E-state index in [1.54, 1.807) is 45.0 Å². The number of hydrogen-bond acceptors (Lipinski definition) is 4. The molecule has 1 unspecified atom stereocenters. The van der Waals surface area contributed by atoms with Gasteiger partial charge in [-0.05, 0) is 51.3 Å². The van der Waals surface area contributed by atoms with Crippen LogP contribution in [-0.2, 0) is 16.0 Å². The molecule has 0 spiro atoms. The summed E-state index contributed by atoms with van der Waals surface area (Å²) in [5, 5.41) is 18.9. The molecule has 1 aromatic carbocycles. The van der Waals surface area contributed by atoms with Gasteiger partial charge in [0.15, 0.2) is 0 Å². The van der Waals surface area contributed by atoms with Crippen LogP contribution in [0.2, 0.25) is 0 Å². The molecule has 6 heteroatoms. The van der Waals surface area contributed by atoms with E-state index in [0.717, 1.165) is 0 Å². The first-order valence-electron chi connectivity index (χ1n) is 7.91. The number of aliphatic carboxylic acids is 1. The number of amides is 1. The highest BCUT2D eigenvalue weighted by atomic mass is 16.6. The van der Waals surface area contributed by atoms with Crippen LogP contribution in [0.15, 0.2) is 24.3 Å². The third-order valence-corrected chi connectivity index (χ3v) is 4.05. The van der Waals surface area contributed by atoms with Crippen molar-refractivity contribution in [2.75, 3.05) is 6.54 Å². The lowest BCUT2D eigenvalue weighted by Crippen LogP contribution is -2.55. The van der Waals surface area contributed by atoms with Crippen LogP contribution in [0.5, 0.6) is 0 Å². The minimum Gasteiger partial charge on any atom is -0.479 e. The van der Waals surface area contributed by atoms with Gasteiger partial charge < -0.3 is 9.84 Å². The van der Waals surface area contributed by atoms with Crippen molar-refractivity contribution in [1.29, 1.82) is 5.26 Å². The molecule has 1 fully saturated rings. The largest absolute Gasteiger partial charge is 0.479 e. The number of rotatable bonds is 3. The normalized spacial score (nSPS) is 20.5. The molecule has 6 nitrogen and oxygen atoms in total. The molecule has 0 saturated carbocycles. The van der Waals surface area contributed by atoms with Crippen LogP contribution in [0.25, 0.3) is 0 Å². The van der Waals surface area contributed by atoms with Crippen LogP contribution < -0.4 is 0 Å². The minimum absolute atomic E-state index is 0.150. The fraction of sp³-hybridized carbons (Fsp3) is 0.500. The number of carbonyl (C=O) groups is 2. The lowest BCUT2D eigenvalue weighted by Gasteiger charge is -2.36. The van der Waals surface area contributed by atoms with Crippen molar-refractivity contribution in [3.8, 4) is 6.07 Å². The number of hydrogen-bond donors (Lipinski definition) is 1. The number of ether oxygens (including phenoxy) is 1. The lowest BCUT2D eigenvalue weighted by molar-refractivity contribution is -0.149. The second kappa shape index (κ2) is 6.52. The van der Waals surface area contributed by atoms with Gasteiger partial charge in [0.2, 0.25) is 0 Å². The van der Waals surface area contributed by atoms with Crippen molar-refractivity contribution in [2.45, 2.75) is 51.2 Å². The van der Waals surface area contributed by atoms with Crippen LogP contribution in [0.4, 0.5) is 4.79 Å². The smallest absolute Gasteiger partial charge is 0.411 e. The SMILES string of the molecule is CC(C)(C)OC(=O)N1CCCC1(Cc1cccc(C#N)c1)C(=O)O. The number of carbonyl (C=O) groups excluding carboxylic acids is 1. The molecule has 1 atom stereocenters. The van der Waals surface area contributed by atoms with Crippen LogP contribution in [-0.4, -0.2) is 39.8 Å². The summed E-state index contributed by atoms with van der Waals surface area (Å²) in [5.41, 5.74) is -0.845. The zero-order valence-corrected chi connectivity index (χ0v) is 14.2. The Hall–Kier alpha value is -2.55. The molecule has 0 aromatic heterocycles. The molecule has 24 heavy (non-hydrogen) atoms. The lowest BCUT2D eigenvalue weighted by atomic mass is 9.88. The quantitative estimate of drug-likeness (QED) is 0.920. The number of carboxylic acids is 1. The summed E-state index contributed by atoms with van der Waals surface area (Å²) in [6, 6.07) is 8.87. The maximum atomic E-state index is 12.5. The van der Waals surface area contributed by atoms with Crippen LogP contribution in [0, 0.1) is 11.3 Å². The van der Waals surface area contributed by atoms with Crippen LogP contribution in [0.3, 0.4) is 0 Å². The second-order valence-corrected chi connectivity index (χ2v) is 7.06. The topological polar surface area (TPSA) is 90.6 Å². The molecule has 1 aromatic rings. The molecule has 1 heterocycles. The molecule has 0 bridgehead atoms. The maximum absolute atomic E-state index is 12.5. The third kappa shape index (κ3) is 3.67. The average molecular weight is 330 g/mol. The highest BCUT2D eigenvalue weighted by Crippen LogP contribution is 2.34. The minimum atomic E-state index is -1.34. The molecule has 0 aliphatic carbocycles. The molecule has 1 aliphatic rings. The Labute approximate surface area is 141 Å². The van der Waals surface area contributed by atoms with E-state index in [-0.39, 0.29) is 6.42 Å². The van der Waals surface area contributed by atoms with Gasteiger partial charge in [0, 0.05) is 13.0 Å². The standard InChI is InChI=1S/C18H22N2O4/c1-17(2,3)24-16(23)20-9-5-8-18(20,15(21)22)11-13-6-4-7-14(10-13)12-19/h4,6-7,10H,5,8-9,11H2,1-3H3,(H,21,22). The predicted octanol–water partition coefficient (Wildman–Crippen LogP) is 2.96. The van der Waals surface area contributed by atoms with Crippen LogP contribution >= 0.6 is 0 Å². The van der Waals surface area contributed by atoms with Crippen molar-refractivity contribution in [3.63, 3.8) is 0 Å². The summed E-state index contributed by atoms with van der Waals surface area (Å²) in [6.07, 6.45) is 0.498. The highest BCUT2D eigenvalue weighted by Gasteiger charge is 2.51. The van der Waals surface area contributed by atoms with Crippen molar-refractivity contribution < 1.29 is 19.4 Å².